The summed E-state index contributed by atoms with van der Waals surface area (Å²) in [7, 11) is 0. The van der Waals surface area contributed by atoms with E-state index in [4.69, 9.17) is 8.83 Å². The number of benzene rings is 1. The highest BCUT2D eigenvalue weighted by Crippen LogP contribution is 2.23. The number of hydrogen-bond donors (Lipinski definition) is 0. The molecule has 0 saturated carbocycles. The van der Waals surface area contributed by atoms with Gasteiger partial charge < -0.3 is 8.83 Å². The molecule has 0 aliphatic heterocycles. The Morgan fingerprint density at radius 3 is 2.38 bits per heavy atom. The van der Waals surface area contributed by atoms with E-state index >= 15 is 0 Å². The molecule has 0 N–H and O–H groups in total. The molecule has 1 aromatic carbocycles. The van der Waals surface area contributed by atoms with E-state index in [-0.39, 0.29) is 0 Å². The van der Waals surface area contributed by atoms with Crippen molar-refractivity contribution in [1.82, 2.24) is 0 Å². The van der Waals surface area contributed by atoms with Crippen LogP contribution >= 0.6 is 11.8 Å². The van der Waals surface area contributed by atoms with Crippen LogP contribution in [-0.4, -0.2) is 0 Å². The molecule has 1 heterocycles. The predicted octanol–water partition coefficient (Wildman–Crippen LogP) is 3.14. The summed E-state index contributed by atoms with van der Waals surface area (Å²) < 4.78 is 9.70. The van der Waals surface area contributed by atoms with Crippen LogP contribution in [-0.2, 0) is 5.75 Å². The summed E-state index contributed by atoms with van der Waals surface area (Å²) in [6.45, 7) is 3.78. The molecular formula is C12H12O3S. The number of hydrogen-bond acceptors (Lipinski definition) is 4. The van der Waals surface area contributed by atoms with Crippen molar-refractivity contribution in [2.24, 2.45) is 0 Å². The summed E-state index contributed by atoms with van der Waals surface area (Å²) in [5.41, 5.74) is 1.23. The van der Waals surface area contributed by atoms with Crippen LogP contribution in [0, 0.1) is 13.8 Å². The van der Waals surface area contributed by atoms with E-state index in [1.807, 2.05) is 19.1 Å². The molecule has 84 valence electrons. The van der Waals surface area contributed by atoms with Gasteiger partial charge in [0.1, 0.15) is 5.76 Å². The maximum atomic E-state index is 10.8. The maximum Gasteiger partial charge on any atom is 0.519 e. The molecule has 0 unspecified atom stereocenters. The first kappa shape index (κ1) is 11.1. The summed E-state index contributed by atoms with van der Waals surface area (Å²) >= 11 is 1.62. The maximum absolute atomic E-state index is 10.8. The fourth-order valence-electron chi connectivity index (χ4n) is 1.29. The third-order valence-corrected chi connectivity index (χ3v) is 3.24. The Balaban J connectivity index is 2.05. The zero-order chi connectivity index (χ0) is 11.5. The highest BCUT2D eigenvalue weighted by Gasteiger charge is 2.08. The summed E-state index contributed by atoms with van der Waals surface area (Å²) in [5, 5.41) is 0. The summed E-state index contributed by atoms with van der Waals surface area (Å²) in [6, 6.07) is 8.21. The molecule has 16 heavy (non-hydrogen) atoms. The van der Waals surface area contributed by atoms with Crippen LogP contribution in [0.25, 0.3) is 0 Å². The highest BCUT2D eigenvalue weighted by molar-refractivity contribution is 7.98. The topological polar surface area (TPSA) is 43.4 Å². The third-order valence-electron chi connectivity index (χ3n) is 2.23. The minimum atomic E-state index is -0.628. The average Bonchev–Trinajstić information content (AvgIpc) is 2.57. The number of aryl methyl sites for hydroxylation is 2. The molecule has 0 amide bonds. The van der Waals surface area contributed by atoms with Gasteiger partial charge in [-0.1, -0.05) is 17.7 Å². The Bertz CT molecular complexity index is 522. The van der Waals surface area contributed by atoms with Gasteiger partial charge in [-0.25, -0.2) is 4.79 Å². The van der Waals surface area contributed by atoms with Gasteiger partial charge in [0.25, 0.3) is 0 Å². The van der Waals surface area contributed by atoms with E-state index in [2.05, 4.69) is 12.1 Å². The van der Waals surface area contributed by atoms with Gasteiger partial charge in [0.15, 0.2) is 5.76 Å². The van der Waals surface area contributed by atoms with Crippen LogP contribution in [0.15, 0.2) is 42.8 Å². The second kappa shape index (κ2) is 4.61. The molecule has 1 aromatic heterocycles. The molecule has 0 atom stereocenters. The zero-order valence-corrected chi connectivity index (χ0v) is 9.97. The van der Waals surface area contributed by atoms with Crippen molar-refractivity contribution in [3.63, 3.8) is 0 Å². The van der Waals surface area contributed by atoms with E-state index in [0.29, 0.717) is 17.3 Å². The van der Waals surface area contributed by atoms with Gasteiger partial charge in [-0.3, -0.25) is 0 Å². The Morgan fingerprint density at radius 1 is 1.12 bits per heavy atom. The molecule has 0 saturated heterocycles. The van der Waals surface area contributed by atoms with Gasteiger partial charge in [-0.2, -0.15) is 0 Å². The lowest BCUT2D eigenvalue weighted by Gasteiger charge is -1.99. The molecular weight excluding hydrogens is 224 g/mol. The summed E-state index contributed by atoms with van der Waals surface area (Å²) in [4.78, 5) is 12.0. The lowest BCUT2D eigenvalue weighted by atomic mass is 10.2. The Labute approximate surface area is 97.5 Å². The first-order valence-electron chi connectivity index (χ1n) is 4.94. The molecule has 0 aliphatic carbocycles. The van der Waals surface area contributed by atoms with Crippen LogP contribution < -0.4 is 5.82 Å². The molecule has 4 heteroatoms. The Kier molecular flexibility index (Phi) is 3.19. The quantitative estimate of drug-likeness (QED) is 0.768. The normalized spacial score (nSPS) is 10.6. The van der Waals surface area contributed by atoms with E-state index in [1.165, 1.54) is 5.56 Å². The minimum absolute atomic E-state index is 0.560. The monoisotopic (exact) mass is 236 g/mol. The lowest BCUT2D eigenvalue weighted by molar-refractivity contribution is 0.372. The van der Waals surface area contributed by atoms with E-state index in [0.717, 1.165) is 4.90 Å². The van der Waals surface area contributed by atoms with E-state index < -0.39 is 5.82 Å². The van der Waals surface area contributed by atoms with Crippen LogP contribution in [0.4, 0.5) is 0 Å². The Hall–Kier alpha value is -1.42. The van der Waals surface area contributed by atoms with Crippen LogP contribution in [0.1, 0.15) is 17.1 Å². The second-order valence-electron chi connectivity index (χ2n) is 3.54. The predicted molar refractivity (Wildman–Crippen MR) is 62.7 cm³/mol. The average molecular weight is 236 g/mol. The SMILES string of the molecule is Cc1ccc(SCc2oc(=O)oc2C)cc1. The largest absolute Gasteiger partial charge is 0.519 e. The van der Waals surface area contributed by atoms with Gasteiger partial charge in [0, 0.05) is 4.90 Å². The fourth-order valence-corrected chi connectivity index (χ4v) is 2.18. The smallest absolute Gasteiger partial charge is 0.396 e. The number of thioether (sulfide) groups is 1. The van der Waals surface area contributed by atoms with E-state index in [9.17, 15) is 4.79 Å². The van der Waals surface area contributed by atoms with Gasteiger partial charge in [-0.05, 0) is 26.0 Å². The molecule has 3 nitrogen and oxygen atoms in total. The van der Waals surface area contributed by atoms with E-state index in [1.54, 1.807) is 18.7 Å². The van der Waals surface area contributed by atoms with Crippen molar-refractivity contribution in [2.45, 2.75) is 24.5 Å². The van der Waals surface area contributed by atoms with Crippen molar-refractivity contribution in [3.05, 3.63) is 52.0 Å². The van der Waals surface area contributed by atoms with Crippen molar-refractivity contribution in [2.75, 3.05) is 0 Å². The minimum Gasteiger partial charge on any atom is -0.396 e. The zero-order valence-electron chi connectivity index (χ0n) is 9.15. The first-order valence-corrected chi connectivity index (χ1v) is 5.92. The van der Waals surface area contributed by atoms with Crippen molar-refractivity contribution >= 4 is 11.8 Å². The molecule has 0 aliphatic rings. The fraction of sp³-hybridized carbons (Fsp3) is 0.250. The van der Waals surface area contributed by atoms with Gasteiger partial charge in [0.05, 0.1) is 5.75 Å². The van der Waals surface area contributed by atoms with Crippen LogP contribution in [0.2, 0.25) is 0 Å². The lowest BCUT2D eigenvalue weighted by Crippen LogP contribution is -1.86. The number of rotatable bonds is 3. The van der Waals surface area contributed by atoms with Crippen LogP contribution in [0.5, 0.6) is 0 Å². The third kappa shape index (κ3) is 2.58. The van der Waals surface area contributed by atoms with Crippen molar-refractivity contribution < 1.29 is 8.83 Å². The highest BCUT2D eigenvalue weighted by atomic mass is 32.2. The molecule has 2 rings (SSSR count). The first-order chi connectivity index (χ1) is 7.65. The Morgan fingerprint density at radius 2 is 1.81 bits per heavy atom. The molecule has 0 radical (unpaired) electrons. The molecule has 0 fully saturated rings. The summed E-state index contributed by atoms with van der Waals surface area (Å²) in [5.74, 6) is 1.15. The second-order valence-corrected chi connectivity index (χ2v) is 4.58. The van der Waals surface area contributed by atoms with Crippen molar-refractivity contribution in [3.8, 4) is 0 Å². The summed E-state index contributed by atoms with van der Waals surface area (Å²) in [6.07, 6.45) is 0. The van der Waals surface area contributed by atoms with Crippen molar-refractivity contribution in [1.29, 1.82) is 0 Å². The van der Waals surface area contributed by atoms with Gasteiger partial charge >= 0.3 is 5.82 Å². The molecule has 2 aromatic rings. The van der Waals surface area contributed by atoms with Gasteiger partial charge in [0.2, 0.25) is 0 Å². The molecule has 0 bridgehead atoms. The molecule has 0 spiro atoms. The van der Waals surface area contributed by atoms with Crippen LogP contribution in [0.3, 0.4) is 0 Å². The van der Waals surface area contributed by atoms with Gasteiger partial charge in [-0.15, -0.1) is 11.8 Å². The standard InChI is InChI=1S/C12H12O3S/c1-8-3-5-10(6-4-8)16-7-11-9(2)14-12(13)15-11/h3-6H,7H2,1-2H3.